The van der Waals surface area contributed by atoms with Crippen LogP contribution in [0.15, 0.2) is 0 Å². The molecule has 0 saturated heterocycles. The van der Waals surface area contributed by atoms with Crippen LogP contribution in [0.1, 0.15) is 109 Å². The van der Waals surface area contributed by atoms with Crippen molar-refractivity contribution in [3.8, 4) is 0 Å². The van der Waals surface area contributed by atoms with Crippen LogP contribution in [0.2, 0.25) is 0 Å². The Morgan fingerprint density at radius 2 is 1.15 bits per heavy atom. The zero-order chi connectivity index (χ0) is 19.5. The van der Waals surface area contributed by atoms with Crippen molar-refractivity contribution < 1.29 is 19.5 Å². The van der Waals surface area contributed by atoms with Gasteiger partial charge in [0.05, 0.1) is 0 Å². The second kappa shape index (κ2) is 18.6. The van der Waals surface area contributed by atoms with Crippen molar-refractivity contribution in [3.05, 3.63) is 0 Å². The molecule has 0 radical (unpaired) electrons. The van der Waals surface area contributed by atoms with Gasteiger partial charge in [-0.2, -0.15) is 0 Å². The van der Waals surface area contributed by atoms with E-state index in [2.05, 4.69) is 0 Å². The Balaban J connectivity index is 3.20. The van der Waals surface area contributed by atoms with Crippen LogP contribution in [0.4, 0.5) is 0 Å². The maximum absolute atomic E-state index is 11.6. The third kappa shape index (κ3) is 17.6. The smallest absolute Gasteiger partial charge is 0.320 e. The van der Waals surface area contributed by atoms with E-state index in [-0.39, 0.29) is 18.6 Å². The largest absolute Gasteiger partial charge is 0.480 e. The van der Waals surface area contributed by atoms with Crippen molar-refractivity contribution in [2.45, 2.75) is 115 Å². The average molecular weight is 370 g/mol. The van der Waals surface area contributed by atoms with Crippen molar-refractivity contribution in [2.24, 2.45) is 5.73 Å². The number of carboxylic acids is 1. The molecule has 0 aliphatic rings. The molecule has 0 aliphatic carbocycles. The van der Waals surface area contributed by atoms with Crippen molar-refractivity contribution in [1.82, 2.24) is 0 Å². The van der Waals surface area contributed by atoms with E-state index >= 15 is 0 Å². The molecule has 0 aromatic carbocycles. The lowest BCUT2D eigenvalue weighted by molar-refractivity contribution is -0.138. The first kappa shape index (κ1) is 24.8. The van der Waals surface area contributed by atoms with Crippen LogP contribution in [0, 0.1) is 0 Å². The van der Waals surface area contributed by atoms with E-state index in [1.54, 1.807) is 0 Å². The second-order valence-electron chi connectivity index (χ2n) is 7.32. The number of nitrogens with two attached hydrogens (primary N) is 1. The number of carbonyl (C=O) groups excluding carboxylic acids is 2. The molecule has 152 valence electrons. The topological polar surface area (TPSA) is 97.5 Å². The summed E-state index contributed by atoms with van der Waals surface area (Å²) in [4.78, 5) is 32.4. The number of aldehydes is 1. The molecule has 0 bridgehead atoms. The standard InChI is InChI=1S/C21H39NO4/c22-20(21(25)26)17-16-19(24)15-13-11-9-7-5-3-1-2-4-6-8-10-12-14-18-23/h18,20H,1-17,22H2,(H,25,26)/t20-/m0/s1. The Bertz CT molecular complexity index is 371. The van der Waals surface area contributed by atoms with E-state index in [0.717, 1.165) is 25.5 Å². The van der Waals surface area contributed by atoms with Gasteiger partial charge in [0.1, 0.15) is 18.1 Å². The van der Waals surface area contributed by atoms with E-state index in [1.807, 2.05) is 0 Å². The molecule has 0 saturated carbocycles. The quantitative estimate of drug-likeness (QED) is 0.237. The Morgan fingerprint density at radius 1 is 0.731 bits per heavy atom. The minimum absolute atomic E-state index is 0.132. The summed E-state index contributed by atoms with van der Waals surface area (Å²) in [6.07, 6.45) is 18.5. The lowest BCUT2D eigenvalue weighted by Gasteiger charge is -2.05. The molecular weight excluding hydrogens is 330 g/mol. The SMILES string of the molecule is N[C@@H](CCC(=O)CCCCCCCCCCCCCCCC=O)C(=O)O. The lowest BCUT2D eigenvalue weighted by atomic mass is 10.0. The molecule has 5 heteroatoms. The molecule has 0 aromatic heterocycles. The highest BCUT2D eigenvalue weighted by atomic mass is 16.4. The van der Waals surface area contributed by atoms with Crippen molar-refractivity contribution in [3.63, 3.8) is 0 Å². The summed E-state index contributed by atoms with van der Waals surface area (Å²) in [5.74, 6) is -0.903. The van der Waals surface area contributed by atoms with Crippen molar-refractivity contribution in [2.75, 3.05) is 0 Å². The Hall–Kier alpha value is -1.23. The van der Waals surface area contributed by atoms with E-state index in [9.17, 15) is 14.4 Å². The van der Waals surface area contributed by atoms with Gasteiger partial charge in [-0.05, 0) is 19.3 Å². The lowest BCUT2D eigenvalue weighted by Crippen LogP contribution is -2.30. The van der Waals surface area contributed by atoms with Gasteiger partial charge in [0.2, 0.25) is 0 Å². The van der Waals surface area contributed by atoms with Crippen LogP contribution in [0.3, 0.4) is 0 Å². The Kier molecular flexibility index (Phi) is 17.7. The molecule has 0 amide bonds. The first-order chi connectivity index (χ1) is 12.6. The van der Waals surface area contributed by atoms with Crippen LogP contribution in [-0.4, -0.2) is 29.2 Å². The summed E-state index contributed by atoms with van der Waals surface area (Å²) in [5.41, 5.74) is 5.39. The van der Waals surface area contributed by atoms with Gasteiger partial charge in [0, 0.05) is 19.3 Å². The van der Waals surface area contributed by atoms with Gasteiger partial charge in [-0.3, -0.25) is 9.59 Å². The molecule has 0 heterocycles. The first-order valence-electron chi connectivity index (χ1n) is 10.5. The number of carboxylic acid groups (broad SMARTS) is 1. The van der Waals surface area contributed by atoms with Crippen LogP contribution >= 0.6 is 0 Å². The molecule has 5 nitrogen and oxygen atoms in total. The van der Waals surface area contributed by atoms with Gasteiger partial charge in [0.15, 0.2) is 0 Å². The molecule has 0 fully saturated rings. The minimum Gasteiger partial charge on any atom is -0.480 e. The average Bonchev–Trinajstić information content (AvgIpc) is 2.62. The number of ketones is 1. The molecule has 3 N–H and O–H groups in total. The summed E-state index contributed by atoms with van der Waals surface area (Å²) in [7, 11) is 0. The normalized spacial score (nSPS) is 12.0. The Morgan fingerprint density at radius 3 is 1.58 bits per heavy atom. The molecule has 0 aromatic rings. The number of Topliss-reactive ketones (excluding diaryl/α,β-unsaturated/α-hetero) is 1. The zero-order valence-electron chi connectivity index (χ0n) is 16.4. The van der Waals surface area contributed by atoms with Crippen LogP contribution in [0.5, 0.6) is 0 Å². The number of hydrogen-bond donors (Lipinski definition) is 2. The molecule has 1 atom stereocenters. The number of rotatable bonds is 20. The molecule has 0 aliphatic heterocycles. The van der Waals surface area contributed by atoms with Crippen LogP contribution < -0.4 is 5.73 Å². The predicted octanol–water partition coefficient (Wildman–Crippen LogP) is 4.80. The fourth-order valence-electron chi connectivity index (χ4n) is 3.06. The van der Waals surface area contributed by atoms with Gasteiger partial charge in [-0.1, -0.05) is 70.6 Å². The predicted molar refractivity (Wildman–Crippen MR) is 105 cm³/mol. The van der Waals surface area contributed by atoms with E-state index < -0.39 is 12.0 Å². The number of unbranched alkanes of at least 4 members (excludes halogenated alkanes) is 13. The van der Waals surface area contributed by atoms with Gasteiger partial charge in [0.25, 0.3) is 0 Å². The summed E-state index contributed by atoms with van der Waals surface area (Å²) in [5, 5.41) is 8.67. The van der Waals surface area contributed by atoms with Crippen LogP contribution in [0.25, 0.3) is 0 Å². The first-order valence-corrected chi connectivity index (χ1v) is 10.5. The number of carbonyl (C=O) groups is 3. The van der Waals surface area contributed by atoms with Crippen molar-refractivity contribution in [1.29, 1.82) is 0 Å². The monoisotopic (exact) mass is 369 g/mol. The highest BCUT2D eigenvalue weighted by Crippen LogP contribution is 2.13. The molecule has 26 heavy (non-hydrogen) atoms. The minimum atomic E-state index is -1.03. The molecule has 0 spiro atoms. The fourth-order valence-corrected chi connectivity index (χ4v) is 3.06. The fraction of sp³-hybridized carbons (Fsp3) is 0.857. The van der Waals surface area contributed by atoms with Crippen LogP contribution in [-0.2, 0) is 14.4 Å². The van der Waals surface area contributed by atoms with E-state index in [4.69, 9.17) is 10.8 Å². The molecular formula is C21H39NO4. The summed E-state index contributed by atoms with van der Waals surface area (Å²) in [6.45, 7) is 0. The molecule has 0 unspecified atom stereocenters. The summed E-state index contributed by atoms with van der Waals surface area (Å²) in [6, 6.07) is -0.915. The maximum Gasteiger partial charge on any atom is 0.320 e. The third-order valence-corrected chi connectivity index (χ3v) is 4.83. The maximum atomic E-state index is 11.6. The third-order valence-electron chi connectivity index (χ3n) is 4.83. The van der Waals surface area contributed by atoms with Crippen molar-refractivity contribution >= 4 is 18.0 Å². The number of aliphatic carboxylic acids is 1. The second-order valence-corrected chi connectivity index (χ2v) is 7.32. The van der Waals surface area contributed by atoms with Gasteiger partial charge >= 0.3 is 5.97 Å². The van der Waals surface area contributed by atoms with E-state index in [1.165, 1.54) is 64.2 Å². The van der Waals surface area contributed by atoms with Gasteiger partial charge < -0.3 is 15.6 Å². The van der Waals surface area contributed by atoms with Gasteiger partial charge in [-0.15, -0.1) is 0 Å². The highest BCUT2D eigenvalue weighted by Gasteiger charge is 2.13. The molecule has 0 rings (SSSR count). The van der Waals surface area contributed by atoms with E-state index in [0.29, 0.717) is 12.8 Å². The number of hydrogen-bond acceptors (Lipinski definition) is 4. The van der Waals surface area contributed by atoms with Gasteiger partial charge in [-0.25, -0.2) is 0 Å². The summed E-state index contributed by atoms with van der Waals surface area (Å²) < 4.78 is 0. The zero-order valence-corrected chi connectivity index (χ0v) is 16.4. The highest BCUT2D eigenvalue weighted by molar-refractivity contribution is 5.80. The summed E-state index contributed by atoms with van der Waals surface area (Å²) >= 11 is 0. The Labute approximate surface area is 159 Å².